The summed E-state index contributed by atoms with van der Waals surface area (Å²) in [7, 11) is 0. The number of aromatic nitrogens is 2. The Morgan fingerprint density at radius 1 is 1.30 bits per heavy atom. The fraction of sp³-hybridized carbons (Fsp3) is 0.533. The number of hydrogen-bond donors (Lipinski definition) is 1. The summed E-state index contributed by atoms with van der Waals surface area (Å²) < 4.78 is 14.2. The Morgan fingerprint density at radius 2 is 2.05 bits per heavy atom. The zero-order chi connectivity index (χ0) is 14.7. The molecule has 1 aromatic heterocycles. The molecule has 1 unspecified atom stereocenters. The number of rotatable bonds is 6. The third-order valence-corrected chi connectivity index (χ3v) is 3.35. The van der Waals surface area contributed by atoms with Crippen LogP contribution >= 0.6 is 12.2 Å². The van der Waals surface area contributed by atoms with Gasteiger partial charge in [-0.3, -0.25) is 0 Å². The highest BCUT2D eigenvalue weighted by Gasteiger charge is 2.12. The van der Waals surface area contributed by atoms with Gasteiger partial charge in [-0.1, -0.05) is 6.07 Å². The van der Waals surface area contributed by atoms with Gasteiger partial charge in [-0.2, -0.15) is 0 Å². The second-order valence-corrected chi connectivity index (χ2v) is 5.51. The molecule has 1 atom stereocenters. The van der Waals surface area contributed by atoms with Crippen LogP contribution in [-0.4, -0.2) is 28.4 Å². The van der Waals surface area contributed by atoms with E-state index in [4.69, 9.17) is 21.7 Å². The number of H-pyrrole nitrogens is 1. The number of benzene rings is 1. The quantitative estimate of drug-likeness (QED) is 0.821. The van der Waals surface area contributed by atoms with Crippen molar-refractivity contribution >= 4 is 23.3 Å². The van der Waals surface area contributed by atoms with E-state index in [1.165, 1.54) is 0 Å². The summed E-state index contributed by atoms with van der Waals surface area (Å²) in [5, 5.41) is 0. The summed E-state index contributed by atoms with van der Waals surface area (Å²) in [6.45, 7) is 9.53. The van der Waals surface area contributed by atoms with Gasteiger partial charge in [0.25, 0.3) is 0 Å². The van der Waals surface area contributed by atoms with Crippen molar-refractivity contribution in [2.75, 3.05) is 6.61 Å². The van der Waals surface area contributed by atoms with Gasteiger partial charge in [-0.15, -0.1) is 0 Å². The molecule has 0 aliphatic heterocycles. The molecule has 0 spiro atoms. The molecule has 1 N–H and O–H groups in total. The van der Waals surface area contributed by atoms with Gasteiger partial charge in [0, 0.05) is 6.61 Å². The van der Waals surface area contributed by atoms with Crippen molar-refractivity contribution in [3.05, 3.63) is 23.0 Å². The maximum absolute atomic E-state index is 5.83. The summed E-state index contributed by atoms with van der Waals surface area (Å²) in [6, 6.07) is 6.00. The van der Waals surface area contributed by atoms with Gasteiger partial charge in [0.15, 0.2) is 4.77 Å². The maximum atomic E-state index is 5.83. The molecule has 0 fully saturated rings. The van der Waals surface area contributed by atoms with Crippen molar-refractivity contribution in [3.8, 4) is 5.75 Å². The molecule has 2 aromatic rings. The zero-order valence-electron chi connectivity index (χ0n) is 12.5. The second-order valence-electron chi connectivity index (χ2n) is 5.12. The van der Waals surface area contributed by atoms with Crippen LogP contribution in [0.1, 0.15) is 27.7 Å². The van der Waals surface area contributed by atoms with Gasteiger partial charge in [0.05, 0.1) is 24.3 Å². The van der Waals surface area contributed by atoms with E-state index in [-0.39, 0.29) is 12.2 Å². The molecule has 110 valence electrons. The minimum Gasteiger partial charge on any atom is -0.489 e. The topological polar surface area (TPSA) is 39.2 Å². The molecule has 4 nitrogen and oxygen atoms in total. The number of nitrogens with one attached hydrogen (secondary N) is 1. The van der Waals surface area contributed by atoms with Crippen molar-refractivity contribution in [2.45, 2.75) is 46.4 Å². The molecule has 0 saturated heterocycles. The average Bonchev–Trinajstić information content (AvgIpc) is 2.67. The molecule has 2 rings (SSSR count). The number of hydrogen-bond acceptors (Lipinski definition) is 3. The van der Waals surface area contributed by atoms with Crippen molar-refractivity contribution in [2.24, 2.45) is 0 Å². The molecule has 20 heavy (non-hydrogen) atoms. The highest BCUT2D eigenvalue weighted by atomic mass is 32.1. The predicted molar refractivity (Wildman–Crippen MR) is 84.0 cm³/mol. The molecule has 0 saturated carbocycles. The van der Waals surface area contributed by atoms with Crippen molar-refractivity contribution in [1.82, 2.24) is 9.55 Å². The lowest BCUT2D eigenvalue weighted by Crippen LogP contribution is -2.16. The van der Waals surface area contributed by atoms with Gasteiger partial charge >= 0.3 is 0 Å². The minimum absolute atomic E-state index is 0.125. The van der Waals surface area contributed by atoms with Crippen molar-refractivity contribution < 1.29 is 9.47 Å². The molecule has 0 radical (unpaired) electrons. The van der Waals surface area contributed by atoms with Crippen LogP contribution in [0.25, 0.3) is 11.0 Å². The molecule has 1 aromatic carbocycles. The monoisotopic (exact) mass is 294 g/mol. The maximum Gasteiger partial charge on any atom is 0.178 e. The lowest BCUT2D eigenvalue weighted by atomic mass is 10.2. The van der Waals surface area contributed by atoms with Crippen LogP contribution in [0, 0.1) is 4.77 Å². The normalized spacial score (nSPS) is 13.1. The molecular formula is C15H22N2O2S. The third-order valence-electron chi connectivity index (χ3n) is 3.03. The molecule has 0 aliphatic rings. The summed E-state index contributed by atoms with van der Waals surface area (Å²) in [5.41, 5.74) is 2.01. The number of para-hydroxylation sites is 1. The van der Waals surface area contributed by atoms with E-state index in [0.29, 0.717) is 11.4 Å². The summed E-state index contributed by atoms with van der Waals surface area (Å²) in [4.78, 5) is 3.25. The Hall–Kier alpha value is -1.33. The van der Waals surface area contributed by atoms with E-state index >= 15 is 0 Å². The summed E-state index contributed by atoms with van der Waals surface area (Å²) in [6.07, 6.45) is 0.258. The van der Waals surface area contributed by atoms with Gasteiger partial charge in [0.1, 0.15) is 11.3 Å². The van der Waals surface area contributed by atoms with Crippen LogP contribution in [0.2, 0.25) is 0 Å². The van der Waals surface area contributed by atoms with Crippen LogP contribution in [0.15, 0.2) is 18.2 Å². The van der Waals surface area contributed by atoms with Crippen LogP contribution in [-0.2, 0) is 11.3 Å². The first-order chi connectivity index (χ1) is 9.52. The fourth-order valence-corrected chi connectivity index (χ4v) is 2.56. The number of imidazole rings is 1. The van der Waals surface area contributed by atoms with E-state index in [9.17, 15) is 0 Å². The molecule has 0 bridgehead atoms. The SMILES string of the molecule is CCOC(C)Cn1c(=S)[nH]c2c(OC(C)C)cccc21. The summed E-state index contributed by atoms with van der Waals surface area (Å²) in [5.74, 6) is 0.839. The standard InChI is InChI=1S/C15H22N2O2S/c1-5-18-11(4)9-17-12-7-6-8-13(19-10(2)3)14(12)16-15(17)20/h6-8,10-11H,5,9H2,1-4H3,(H,16,20). The number of fused-ring (bicyclic) bond motifs is 1. The van der Waals surface area contributed by atoms with Crippen molar-refractivity contribution in [1.29, 1.82) is 0 Å². The Balaban J connectivity index is 2.41. The number of nitrogens with zero attached hydrogens (tertiary/aromatic N) is 1. The van der Waals surface area contributed by atoms with E-state index in [0.717, 1.165) is 23.3 Å². The van der Waals surface area contributed by atoms with Crippen LogP contribution in [0.3, 0.4) is 0 Å². The van der Waals surface area contributed by atoms with E-state index in [1.54, 1.807) is 0 Å². The fourth-order valence-electron chi connectivity index (χ4n) is 2.28. The highest BCUT2D eigenvalue weighted by Crippen LogP contribution is 2.26. The molecule has 0 amide bonds. The van der Waals surface area contributed by atoms with Crippen LogP contribution in [0.5, 0.6) is 5.75 Å². The van der Waals surface area contributed by atoms with Gasteiger partial charge in [0.2, 0.25) is 0 Å². The number of ether oxygens (including phenoxy) is 2. The van der Waals surface area contributed by atoms with Gasteiger partial charge in [-0.25, -0.2) is 0 Å². The van der Waals surface area contributed by atoms with Crippen LogP contribution in [0.4, 0.5) is 0 Å². The molecular weight excluding hydrogens is 272 g/mol. The Bertz CT molecular complexity index is 630. The Kier molecular flexibility index (Phi) is 4.83. The lowest BCUT2D eigenvalue weighted by Gasteiger charge is -2.13. The lowest BCUT2D eigenvalue weighted by molar-refractivity contribution is 0.0645. The Labute approximate surface area is 124 Å². The Morgan fingerprint density at radius 3 is 2.70 bits per heavy atom. The van der Waals surface area contributed by atoms with Gasteiger partial charge < -0.3 is 19.0 Å². The zero-order valence-corrected chi connectivity index (χ0v) is 13.3. The predicted octanol–water partition coefficient (Wildman–Crippen LogP) is 3.91. The first-order valence-corrected chi connectivity index (χ1v) is 7.43. The van der Waals surface area contributed by atoms with Crippen molar-refractivity contribution in [3.63, 3.8) is 0 Å². The highest BCUT2D eigenvalue weighted by molar-refractivity contribution is 7.71. The first kappa shape index (κ1) is 15.1. The second kappa shape index (κ2) is 6.41. The molecule has 0 aliphatic carbocycles. The van der Waals surface area contributed by atoms with E-state index in [2.05, 4.69) is 16.5 Å². The first-order valence-electron chi connectivity index (χ1n) is 7.02. The largest absolute Gasteiger partial charge is 0.489 e. The smallest absolute Gasteiger partial charge is 0.178 e. The third kappa shape index (κ3) is 3.22. The van der Waals surface area contributed by atoms with E-state index < -0.39 is 0 Å². The molecule has 1 heterocycles. The van der Waals surface area contributed by atoms with Crippen LogP contribution < -0.4 is 4.74 Å². The minimum atomic E-state index is 0.125. The van der Waals surface area contributed by atoms with Gasteiger partial charge in [-0.05, 0) is 52.0 Å². The summed E-state index contributed by atoms with van der Waals surface area (Å²) >= 11 is 5.43. The average molecular weight is 294 g/mol. The molecule has 5 heteroatoms. The van der Waals surface area contributed by atoms with E-state index in [1.807, 2.05) is 39.0 Å². The number of aromatic amines is 1.